The number of morpholine rings is 1. The summed E-state index contributed by atoms with van der Waals surface area (Å²) < 4.78 is 15.6. The highest BCUT2D eigenvalue weighted by Crippen LogP contribution is 2.28. The van der Waals surface area contributed by atoms with Crippen LogP contribution in [-0.2, 0) is 14.3 Å². The summed E-state index contributed by atoms with van der Waals surface area (Å²) in [4.78, 5) is 27.0. The molecule has 2 N–H and O–H groups in total. The Kier molecular flexibility index (Phi) is 7.03. The van der Waals surface area contributed by atoms with E-state index in [1.54, 1.807) is 30.2 Å². The number of likely N-dealkylation sites (N-methyl/N-ethyl adjacent to an activating group) is 1. The number of carbonyl (C=O) groups excluding carboxylic acids is 2. The molecule has 25 heavy (non-hydrogen) atoms. The van der Waals surface area contributed by atoms with Crippen LogP contribution in [0.1, 0.15) is 0 Å². The molecule has 0 radical (unpaired) electrons. The molecule has 2 amide bonds. The lowest BCUT2D eigenvalue weighted by Crippen LogP contribution is -3.11. The molecule has 0 aliphatic carbocycles. The van der Waals surface area contributed by atoms with E-state index in [9.17, 15) is 9.59 Å². The van der Waals surface area contributed by atoms with Crippen LogP contribution >= 0.6 is 0 Å². The van der Waals surface area contributed by atoms with Gasteiger partial charge in [-0.05, 0) is 12.1 Å². The summed E-state index contributed by atoms with van der Waals surface area (Å²) in [5.74, 6) is 1.02. The number of nitrogens with one attached hydrogen (secondary N) is 2. The fraction of sp³-hybridized carbons (Fsp3) is 0.529. The molecule has 1 unspecified atom stereocenters. The summed E-state index contributed by atoms with van der Waals surface area (Å²) in [6.45, 7) is 2.83. The molecule has 0 saturated carbocycles. The van der Waals surface area contributed by atoms with Crippen molar-refractivity contribution in [2.45, 2.75) is 0 Å². The van der Waals surface area contributed by atoms with Gasteiger partial charge in [0.2, 0.25) is 0 Å². The number of methoxy groups -OCH3 is 2. The van der Waals surface area contributed by atoms with E-state index in [1.165, 1.54) is 7.11 Å². The Morgan fingerprint density at radius 3 is 2.56 bits per heavy atom. The van der Waals surface area contributed by atoms with E-state index in [0.717, 1.165) is 4.90 Å². The molecule has 2 rings (SSSR count). The van der Waals surface area contributed by atoms with Crippen LogP contribution in [0.2, 0.25) is 0 Å². The van der Waals surface area contributed by atoms with Gasteiger partial charge < -0.3 is 29.3 Å². The molecular weight excluding hydrogens is 326 g/mol. The second kappa shape index (κ2) is 9.24. The number of amides is 2. The molecule has 1 heterocycles. The number of benzene rings is 1. The average molecular weight is 352 g/mol. The SMILES string of the molecule is COc1ccc(NC(=O)C[NH+](C)CC(=O)N2CCOCC2)c(OC)c1. The molecular formula is C17H26N3O5+. The Bertz CT molecular complexity index is 602. The van der Waals surface area contributed by atoms with Crippen LogP contribution in [0, 0.1) is 0 Å². The van der Waals surface area contributed by atoms with E-state index in [-0.39, 0.29) is 24.9 Å². The fourth-order valence-electron chi connectivity index (χ4n) is 2.62. The van der Waals surface area contributed by atoms with Gasteiger partial charge in [-0.3, -0.25) is 9.59 Å². The van der Waals surface area contributed by atoms with E-state index in [1.807, 2.05) is 7.05 Å². The highest BCUT2D eigenvalue weighted by Gasteiger charge is 2.21. The molecule has 8 heteroatoms. The van der Waals surface area contributed by atoms with Crippen molar-refractivity contribution in [2.75, 3.05) is 66.0 Å². The highest BCUT2D eigenvalue weighted by atomic mass is 16.5. The van der Waals surface area contributed by atoms with Crippen molar-refractivity contribution in [3.8, 4) is 11.5 Å². The molecule has 1 fully saturated rings. The van der Waals surface area contributed by atoms with Crippen LogP contribution in [0.5, 0.6) is 11.5 Å². The first-order valence-electron chi connectivity index (χ1n) is 8.22. The molecule has 1 aliphatic heterocycles. The van der Waals surface area contributed by atoms with Crippen molar-refractivity contribution in [1.29, 1.82) is 0 Å². The van der Waals surface area contributed by atoms with Crippen LogP contribution in [0.15, 0.2) is 18.2 Å². The largest absolute Gasteiger partial charge is 0.497 e. The van der Waals surface area contributed by atoms with Crippen molar-refractivity contribution >= 4 is 17.5 Å². The van der Waals surface area contributed by atoms with E-state index in [0.29, 0.717) is 43.5 Å². The minimum absolute atomic E-state index is 0.0376. The van der Waals surface area contributed by atoms with Crippen molar-refractivity contribution in [3.63, 3.8) is 0 Å². The van der Waals surface area contributed by atoms with Crippen LogP contribution in [-0.4, -0.2) is 77.4 Å². The Balaban J connectivity index is 1.85. The standard InChI is InChI=1S/C17H25N3O5/c1-19(12-17(22)20-6-8-25-9-7-20)11-16(21)18-14-5-4-13(23-2)10-15(14)24-3/h4-5,10H,6-9,11-12H2,1-3H3,(H,18,21)/p+1. The number of ether oxygens (including phenoxy) is 3. The Hall–Kier alpha value is -2.32. The molecule has 0 bridgehead atoms. The normalized spacial score (nSPS) is 15.4. The quantitative estimate of drug-likeness (QED) is 0.659. The van der Waals surface area contributed by atoms with Crippen LogP contribution in [0.3, 0.4) is 0 Å². The van der Waals surface area contributed by atoms with E-state index >= 15 is 0 Å². The first kappa shape index (κ1) is 19.0. The third-order valence-corrected chi connectivity index (χ3v) is 3.96. The summed E-state index contributed by atoms with van der Waals surface area (Å²) in [5.41, 5.74) is 0.570. The number of rotatable bonds is 7. The van der Waals surface area contributed by atoms with E-state index in [2.05, 4.69) is 5.32 Å². The van der Waals surface area contributed by atoms with E-state index in [4.69, 9.17) is 14.2 Å². The predicted molar refractivity (Wildman–Crippen MR) is 92.2 cm³/mol. The van der Waals surface area contributed by atoms with Gasteiger partial charge in [-0.1, -0.05) is 0 Å². The van der Waals surface area contributed by atoms with Crippen LogP contribution < -0.4 is 19.7 Å². The number of hydrogen-bond donors (Lipinski definition) is 2. The monoisotopic (exact) mass is 352 g/mol. The van der Waals surface area contributed by atoms with Gasteiger partial charge in [-0.15, -0.1) is 0 Å². The fourth-order valence-corrected chi connectivity index (χ4v) is 2.62. The molecule has 0 aromatic heterocycles. The summed E-state index contributed by atoms with van der Waals surface area (Å²) >= 11 is 0. The maximum Gasteiger partial charge on any atom is 0.279 e. The van der Waals surface area contributed by atoms with Crippen molar-refractivity contribution < 1.29 is 28.7 Å². The molecule has 138 valence electrons. The Morgan fingerprint density at radius 2 is 1.92 bits per heavy atom. The second-order valence-electron chi connectivity index (χ2n) is 5.92. The molecule has 0 spiro atoms. The number of anilines is 1. The van der Waals surface area contributed by atoms with Crippen LogP contribution in [0.25, 0.3) is 0 Å². The number of carbonyl (C=O) groups is 2. The molecule has 8 nitrogen and oxygen atoms in total. The zero-order valence-corrected chi connectivity index (χ0v) is 15.0. The molecule has 1 aromatic rings. The predicted octanol–water partition coefficient (Wildman–Crippen LogP) is -0.984. The van der Waals surface area contributed by atoms with Gasteiger partial charge in [0.15, 0.2) is 13.1 Å². The highest BCUT2D eigenvalue weighted by molar-refractivity contribution is 5.93. The van der Waals surface area contributed by atoms with Crippen molar-refractivity contribution in [2.24, 2.45) is 0 Å². The topological polar surface area (TPSA) is 81.5 Å². The Labute approximate surface area is 147 Å². The van der Waals surface area contributed by atoms with Gasteiger partial charge in [0.1, 0.15) is 11.5 Å². The number of nitrogens with zero attached hydrogens (tertiary/aromatic N) is 1. The maximum absolute atomic E-state index is 12.2. The third kappa shape index (κ3) is 5.61. The van der Waals surface area contributed by atoms with Crippen molar-refractivity contribution in [1.82, 2.24) is 4.90 Å². The minimum atomic E-state index is -0.184. The summed E-state index contributed by atoms with van der Waals surface area (Å²) in [6, 6.07) is 5.18. The van der Waals surface area contributed by atoms with Crippen LogP contribution in [0.4, 0.5) is 5.69 Å². The van der Waals surface area contributed by atoms with Gasteiger partial charge in [0, 0.05) is 19.2 Å². The summed E-state index contributed by atoms with van der Waals surface area (Å²) in [6.07, 6.45) is 0. The van der Waals surface area contributed by atoms with Gasteiger partial charge in [0.05, 0.1) is 40.2 Å². The van der Waals surface area contributed by atoms with Gasteiger partial charge in [-0.25, -0.2) is 0 Å². The van der Waals surface area contributed by atoms with Gasteiger partial charge in [0.25, 0.3) is 11.8 Å². The second-order valence-corrected chi connectivity index (χ2v) is 5.92. The van der Waals surface area contributed by atoms with Gasteiger partial charge >= 0.3 is 0 Å². The zero-order valence-electron chi connectivity index (χ0n) is 15.0. The minimum Gasteiger partial charge on any atom is -0.497 e. The first-order valence-corrected chi connectivity index (χ1v) is 8.22. The van der Waals surface area contributed by atoms with Crippen molar-refractivity contribution in [3.05, 3.63) is 18.2 Å². The number of hydrogen-bond acceptors (Lipinski definition) is 5. The smallest absolute Gasteiger partial charge is 0.279 e. The lowest BCUT2D eigenvalue weighted by molar-refractivity contribution is -0.862. The zero-order chi connectivity index (χ0) is 18.2. The number of quaternary nitrogens is 1. The maximum atomic E-state index is 12.2. The molecule has 1 aromatic carbocycles. The third-order valence-electron chi connectivity index (χ3n) is 3.96. The molecule has 1 aliphatic rings. The lowest BCUT2D eigenvalue weighted by Gasteiger charge is -2.27. The van der Waals surface area contributed by atoms with Gasteiger partial charge in [-0.2, -0.15) is 0 Å². The lowest BCUT2D eigenvalue weighted by atomic mass is 10.2. The van der Waals surface area contributed by atoms with E-state index < -0.39 is 0 Å². The summed E-state index contributed by atoms with van der Waals surface area (Å²) in [7, 11) is 4.92. The molecule has 1 atom stereocenters. The molecule has 1 saturated heterocycles. The first-order chi connectivity index (χ1) is 12.0. The summed E-state index contributed by atoms with van der Waals surface area (Å²) in [5, 5.41) is 2.81. The Morgan fingerprint density at radius 1 is 1.20 bits per heavy atom. The average Bonchev–Trinajstić information content (AvgIpc) is 2.62.